The van der Waals surface area contributed by atoms with Gasteiger partial charge in [-0.3, -0.25) is 0 Å². The maximum absolute atomic E-state index is 9.24. The van der Waals surface area contributed by atoms with Crippen LogP contribution in [0.25, 0.3) is 0 Å². The number of anilines is 1. The fraction of sp³-hybridized carbons (Fsp3) is 0.308. The minimum absolute atomic E-state index is 0.151. The summed E-state index contributed by atoms with van der Waals surface area (Å²) in [4.78, 5) is 2.72. The van der Waals surface area contributed by atoms with Crippen LogP contribution >= 0.6 is 12.2 Å². The number of nitriles is 2. The monoisotopic (exact) mass is 256 g/mol. The van der Waals surface area contributed by atoms with Crippen molar-refractivity contribution in [1.29, 1.82) is 10.5 Å². The number of nitrogens with two attached hydrogens (primary N) is 1. The van der Waals surface area contributed by atoms with Crippen molar-refractivity contribution in [2.24, 2.45) is 0 Å². The van der Waals surface area contributed by atoms with Gasteiger partial charge in [-0.15, -0.1) is 0 Å². The van der Waals surface area contributed by atoms with Crippen LogP contribution in [0.2, 0.25) is 0 Å². The molecule has 18 heavy (non-hydrogen) atoms. The number of nitrogens with zero attached hydrogens (tertiary/aromatic N) is 2. The van der Waals surface area contributed by atoms with Gasteiger partial charge in [0, 0.05) is 0 Å². The van der Waals surface area contributed by atoms with Crippen LogP contribution in [0, 0.1) is 27.3 Å². The van der Waals surface area contributed by atoms with E-state index >= 15 is 0 Å². The lowest BCUT2D eigenvalue weighted by atomic mass is 9.83. The molecule has 1 aromatic heterocycles. The lowest BCUT2D eigenvalue weighted by Crippen LogP contribution is -2.10. The van der Waals surface area contributed by atoms with E-state index in [0.717, 1.165) is 19.3 Å². The van der Waals surface area contributed by atoms with Crippen LogP contribution in [0.3, 0.4) is 0 Å². The zero-order valence-electron chi connectivity index (χ0n) is 9.73. The molecule has 4 nitrogen and oxygen atoms in total. The summed E-state index contributed by atoms with van der Waals surface area (Å²) in [6, 6.07) is 4.18. The van der Waals surface area contributed by atoms with Crippen molar-refractivity contribution < 1.29 is 0 Å². The van der Waals surface area contributed by atoms with Gasteiger partial charge in [-0.1, -0.05) is 24.4 Å². The van der Waals surface area contributed by atoms with Crippen molar-refractivity contribution in [3.05, 3.63) is 33.5 Å². The van der Waals surface area contributed by atoms with E-state index in [9.17, 15) is 10.5 Å². The third-order valence-corrected chi connectivity index (χ3v) is 3.49. The number of aromatic nitrogens is 1. The molecule has 0 unspecified atom stereocenters. The number of rotatable bonds is 1. The molecule has 0 aliphatic heterocycles. The largest absolute Gasteiger partial charge is 0.384 e. The van der Waals surface area contributed by atoms with Crippen LogP contribution in [-0.4, -0.2) is 4.98 Å². The Hall–Kier alpha value is -2.11. The number of nitrogens with one attached hydrogen (secondary N) is 1. The Balaban J connectivity index is 2.70. The van der Waals surface area contributed by atoms with E-state index in [-0.39, 0.29) is 11.7 Å². The first-order chi connectivity index (χ1) is 8.69. The van der Waals surface area contributed by atoms with E-state index in [1.54, 1.807) is 0 Å². The number of aromatic amines is 1. The third kappa shape index (κ3) is 2.01. The van der Waals surface area contributed by atoms with Crippen LogP contribution in [0.1, 0.15) is 41.9 Å². The second kappa shape index (κ2) is 5.03. The highest BCUT2D eigenvalue weighted by atomic mass is 32.1. The Kier molecular flexibility index (Phi) is 3.45. The van der Waals surface area contributed by atoms with Gasteiger partial charge in [0.05, 0.1) is 11.1 Å². The summed E-state index contributed by atoms with van der Waals surface area (Å²) in [6.07, 6.45) is 6.87. The van der Waals surface area contributed by atoms with Gasteiger partial charge in [0.1, 0.15) is 22.6 Å². The fourth-order valence-electron chi connectivity index (χ4n) is 2.34. The summed E-state index contributed by atoms with van der Waals surface area (Å²) in [5.41, 5.74) is 7.25. The smallest absolute Gasteiger partial charge is 0.123 e. The van der Waals surface area contributed by atoms with E-state index in [0.29, 0.717) is 21.3 Å². The Morgan fingerprint density at radius 3 is 2.56 bits per heavy atom. The molecule has 1 aliphatic carbocycles. The molecule has 1 heterocycles. The van der Waals surface area contributed by atoms with Crippen LogP contribution in [0.15, 0.2) is 12.2 Å². The number of pyridine rings is 1. The van der Waals surface area contributed by atoms with E-state index in [2.05, 4.69) is 29.3 Å². The van der Waals surface area contributed by atoms with Gasteiger partial charge in [-0.25, -0.2) is 0 Å². The summed E-state index contributed by atoms with van der Waals surface area (Å²) in [5, 5.41) is 18.5. The van der Waals surface area contributed by atoms with Gasteiger partial charge >= 0.3 is 0 Å². The molecule has 0 spiro atoms. The van der Waals surface area contributed by atoms with Crippen LogP contribution in [0.4, 0.5) is 5.82 Å². The lowest BCUT2D eigenvalue weighted by Gasteiger charge is -2.21. The first-order valence-electron chi connectivity index (χ1n) is 5.70. The molecular formula is C13H12N4S. The number of nitrogen functional groups attached to an aromatic ring is 1. The number of H-pyrrole nitrogens is 1. The Morgan fingerprint density at radius 1 is 1.28 bits per heavy atom. The number of hydrogen-bond acceptors (Lipinski definition) is 4. The first kappa shape index (κ1) is 12.3. The first-order valence-corrected chi connectivity index (χ1v) is 6.10. The van der Waals surface area contributed by atoms with Crippen molar-refractivity contribution in [2.45, 2.75) is 25.2 Å². The van der Waals surface area contributed by atoms with Gasteiger partial charge in [0.15, 0.2) is 0 Å². The molecule has 1 aliphatic rings. The summed E-state index contributed by atoms with van der Waals surface area (Å²) in [6.45, 7) is 0. The van der Waals surface area contributed by atoms with Crippen molar-refractivity contribution in [3.63, 3.8) is 0 Å². The molecule has 0 saturated heterocycles. The van der Waals surface area contributed by atoms with E-state index in [1.807, 2.05) is 0 Å². The SMILES string of the molecule is N#Cc1c(N)[nH]c(=S)c(C#N)c1[C@@H]1CC=CCC1. The highest BCUT2D eigenvalue weighted by Gasteiger charge is 2.23. The van der Waals surface area contributed by atoms with Crippen LogP contribution in [-0.2, 0) is 0 Å². The molecule has 90 valence electrons. The molecule has 0 aromatic carbocycles. The standard InChI is InChI=1S/C13H12N4S/c14-6-9-11(8-4-2-1-3-5-8)10(7-15)13(18)17-12(9)16/h1-2,8H,3-5H2,(H3,16,17,18)/t8-/m1/s1. The molecule has 0 bridgehead atoms. The lowest BCUT2D eigenvalue weighted by molar-refractivity contribution is 0.613. The Bertz CT molecular complexity index is 643. The number of hydrogen-bond donors (Lipinski definition) is 2. The molecule has 1 atom stereocenters. The molecule has 0 radical (unpaired) electrons. The summed E-state index contributed by atoms with van der Waals surface area (Å²) >= 11 is 5.12. The van der Waals surface area contributed by atoms with Gasteiger partial charge in [-0.2, -0.15) is 10.5 Å². The average Bonchev–Trinajstić information content (AvgIpc) is 2.39. The molecule has 3 N–H and O–H groups in total. The quantitative estimate of drug-likeness (QED) is 0.597. The van der Waals surface area contributed by atoms with Gasteiger partial charge < -0.3 is 10.7 Å². The van der Waals surface area contributed by atoms with Crippen LogP contribution in [0.5, 0.6) is 0 Å². The Labute approximate surface area is 110 Å². The normalized spacial score (nSPS) is 18.0. The fourth-order valence-corrected chi connectivity index (χ4v) is 2.60. The highest BCUT2D eigenvalue weighted by molar-refractivity contribution is 7.71. The van der Waals surface area contributed by atoms with Crippen molar-refractivity contribution >= 4 is 18.0 Å². The number of allylic oxidation sites excluding steroid dienone is 2. The average molecular weight is 256 g/mol. The summed E-state index contributed by atoms with van der Waals surface area (Å²) in [5.74, 6) is 0.406. The summed E-state index contributed by atoms with van der Waals surface area (Å²) in [7, 11) is 0. The van der Waals surface area contributed by atoms with Crippen LogP contribution < -0.4 is 5.73 Å². The van der Waals surface area contributed by atoms with Gasteiger partial charge in [0.2, 0.25) is 0 Å². The zero-order valence-corrected chi connectivity index (χ0v) is 10.5. The molecular weight excluding hydrogens is 244 g/mol. The van der Waals surface area contributed by atoms with Gasteiger partial charge in [-0.05, 0) is 30.7 Å². The zero-order chi connectivity index (χ0) is 13.1. The predicted molar refractivity (Wildman–Crippen MR) is 71.2 cm³/mol. The van der Waals surface area contributed by atoms with E-state index < -0.39 is 0 Å². The minimum Gasteiger partial charge on any atom is -0.384 e. The van der Waals surface area contributed by atoms with Gasteiger partial charge in [0.25, 0.3) is 0 Å². The highest BCUT2D eigenvalue weighted by Crippen LogP contribution is 2.35. The molecule has 0 amide bonds. The second-order valence-corrected chi connectivity index (χ2v) is 4.64. The maximum Gasteiger partial charge on any atom is 0.123 e. The molecule has 5 heteroatoms. The third-order valence-electron chi connectivity index (χ3n) is 3.18. The second-order valence-electron chi connectivity index (χ2n) is 4.24. The van der Waals surface area contributed by atoms with E-state index in [4.69, 9.17) is 18.0 Å². The Morgan fingerprint density at radius 2 is 2.00 bits per heavy atom. The summed E-state index contributed by atoms with van der Waals surface area (Å²) < 4.78 is 0.318. The van der Waals surface area contributed by atoms with Crippen molar-refractivity contribution in [2.75, 3.05) is 5.73 Å². The van der Waals surface area contributed by atoms with Crippen molar-refractivity contribution in [1.82, 2.24) is 4.98 Å². The molecule has 1 aromatic rings. The molecule has 2 rings (SSSR count). The predicted octanol–water partition coefficient (Wildman–Crippen LogP) is 2.89. The van der Waals surface area contributed by atoms with Crippen molar-refractivity contribution in [3.8, 4) is 12.1 Å². The molecule has 0 saturated carbocycles. The topological polar surface area (TPSA) is 89.4 Å². The maximum atomic E-state index is 9.24. The van der Waals surface area contributed by atoms with E-state index in [1.165, 1.54) is 0 Å². The molecule has 0 fully saturated rings. The minimum atomic E-state index is 0.151.